The molecule has 0 radical (unpaired) electrons. The number of halogens is 1. The number of rotatable bonds is 12. The summed E-state index contributed by atoms with van der Waals surface area (Å²) < 4.78 is 39.8. The van der Waals surface area contributed by atoms with Crippen molar-refractivity contribution in [3.63, 3.8) is 0 Å². The van der Waals surface area contributed by atoms with Gasteiger partial charge in [0.15, 0.2) is 0 Å². The third-order valence-electron chi connectivity index (χ3n) is 6.38. The maximum absolute atomic E-state index is 14.1. The molecule has 3 aromatic rings. The van der Waals surface area contributed by atoms with Crippen molar-refractivity contribution in [2.24, 2.45) is 0 Å². The first-order valence-electron chi connectivity index (χ1n) is 13.0. The predicted molar refractivity (Wildman–Crippen MR) is 160 cm³/mol. The minimum absolute atomic E-state index is 0.0112. The first-order chi connectivity index (χ1) is 19.4. The van der Waals surface area contributed by atoms with E-state index in [1.807, 2.05) is 20.8 Å². The molecule has 0 aliphatic carbocycles. The van der Waals surface area contributed by atoms with Gasteiger partial charge in [0.1, 0.15) is 24.1 Å². The number of carbonyl (C=O) groups excluding carboxylic acids is 2. The highest BCUT2D eigenvalue weighted by Crippen LogP contribution is 2.35. The summed E-state index contributed by atoms with van der Waals surface area (Å²) in [5.74, 6) is -0.175. The number of anilines is 1. The molecule has 220 valence electrons. The van der Waals surface area contributed by atoms with E-state index in [9.17, 15) is 18.0 Å². The zero-order valence-corrected chi connectivity index (χ0v) is 25.6. The number of methoxy groups -OCH3 is 2. The van der Waals surface area contributed by atoms with Crippen molar-refractivity contribution in [3.05, 3.63) is 82.9 Å². The zero-order valence-electron chi connectivity index (χ0n) is 24.0. The van der Waals surface area contributed by atoms with Crippen molar-refractivity contribution in [1.29, 1.82) is 0 Å². The molecule has 1 atom stereocenters. The number of aryl methyl sites for hydroxylation is 1. The molecule has 9 nitrogen and oxygen atoms in total. The highest BCUT2D eigenvalue weighted by atomic mass is 35.5. The standard InChI is InChI=1S/C30H36ClN3O6S/c1-20(2)32-30(36)22(4)33(18-23-8-7-9-25(16-23)39-5)29(35)19-34(27-17-24(31)12-15-28(27)40-6)41(37,38)26-13-10-21(3)11-14-26/h7-17,20,22H,18-19H2,1-6H3,(H,32,36). The van der Waals surface area contributed by atoms with Gasteiger partial charge in [0.2, 0.25) is 11.8 Å². The van der Waals surface area contributed by atoms with E-state index in [0.717, 1.165) is 9.87 Å². The summed E-state index contributed by atoms with van der Waals surface area (Å²) in [7, 11) is -1.33. The number of hydrogen-bond acceptors (Lipinski definition) is 6. The third-order valence-corrected chi connectivity index (χ3v) is 8.39. The maximum atomic E-state index is 14.1. The molecule has 3 aromatic carbocycles. The lowest BCUT2D eigenvalue weighted by atomic mass is 10.1. The van der Waals surface area contributed by atoms with Gasteiger partial charge in [-0.25, -0.2) is 8.42 Å². The minimum atomic E-state index is -4.27. The van der Waals surface area contributed by atoms with Gasteiger partial charge in [-0.2, -0.15) is 0 Å². The number of amides is 2. The summed E-state index contributed by atoms with van der Waals surface area (Å²) in [6, 6.07) is 16.9. The molecule has 0 aliphatic heterocycles. The number of benzene rings is 3. The molecule has 41 heavy (non-hydrogen) atoms. The van der Waals surface area contributed by atoms with Crippen molar-refractivity contribution in [2.45, 2.75) is 51.2 Å². The number of carbonyl (C=O) groups is 2. The van der Waals surface area contributed by atoms with E-state index in [4.69, 9.17) is 21.1 Å². The lowest BCUT2D eigenvalue weighted by Crippen LogP contribution is -2.52. The molecule has 1 N–H and O–H groups in total. The number of nitrogens with one attached hydrogen (secondary N) is 1. The first kappa shape index (κ1) is 31.8. The Morgan fingerprint density at radius 1 is 0.951 bits per heavy atom. The molecule has 0 spiro atoms. The Morgan fingerprint density at radius 3 is 2.24 bits per heavy atom. The van der Waals surface area contributed by atoms with Crippen LogP contribution in [0.5, 0.6) is 11.5 Å². The van der Waals surface area contributed by atoms with Crippen molar-refractivity contribution >= 4 is 39.1 Å². The first-order valence-corrected chi connectivity index (χ1v) is 14.8. The van der Waals surface area contributed by atoms with Crippen LogP contribution in [0, 0.1) is 6.92 Å². The van der Waals surface area contributed by atoms with E-state index >= 15 is 0 Å². The van der Waals surface area contributed by atoms with Crippen LogP contribution in [0.4, 0.5) is 5.69 Å². The molecule has 0 aliphatic rings. The molecule has 0 saturated carbocycles. The van der Waals surface area contributed by atoms with Crippen LogP contribution < -0.4 is 19.1 Å². The van der Waals surface area contributed by atoms with Crippen LogP contribution in [-0.4, -0.2) is 58.0 Å². The fourth-order valence-corrected chi connectivity index (χ4v) is 5.75. The fourth-order valence-electron chi connectivity index (χ4n) is 4.16. The SMILES string of the molecule is COc1cccc(CN(C(=O)CN(c2cc(Cl)ccc2OC)S(=O)(=O)c2ccc(C)cc2)C(C)C(=O)NC(C)C)c1. The van der Waals surface area contributed by atoms with Gasteiger partial charge >= 0.3 is 0 Å². The number of ether oxygens (including phenoxy) is 2. The van der Waals surface area contributed by atoms with E-state index in [1.54, 1.807) is 49.4 Å². The van der Waals surface area contributed by atoms with Crippen molar-refractivity contribution in [2.75, 3.05) is 25.1 Å². The molecule has 11 heteroatoms. The second kappa shape index (κ2) is 13.7. The number of nitrogens with zero attached hydrogens (tertiary/aromatic N) is 2. The van der Waals surface area contributed by atoms with Gasteiger partial charge in [-0.15, -0.1) is 0 Å². The molecule has 3 rings (SSSR count). The summed E-state index contributed by atoms with van der Waals surface area (Å²) in [4.78, 5) is 28.5. The molecule has 0 bridgehead atoms. The molecule has 0 fully saturated rings. The smallest absolute Gasteiger partial charge is 0.264 e. The highest BCUT2D eigenvalue weighted by molar-refractivity contribution is 7.92. The third kappa shape index (κ3) is 7.92. The van der Waals surface area contributed by atoms with Gasteiger partial charge in [0.25, 0.3) is 10.0 Å². The van der Waals surface area contributed by atoms with Crippen molar-refractivity contribution in [1.82, 2.24) is 10.2 Å². The second-order valence-electron chi connectivity index (χ2n) is 9.85. The van der Waals surface area contributed by atoms with Crippen LogP contribution in [0.2, 0.25) is 5.02 Å². The number of sulfonamides is 1. The Balaban J connectivity index is 2.11. The van der Waals surface area contributed by atoms with Gasteiger partial charge in [-0.05, 0) is 75.7 Å². The van der Waals surface area contributed by atoms with Gasteiger partial charge in [0.05, 0.1) is 24.8 Å². The number of hydrogen-bond donors (Lipinski definition) is 1. The van der Waals surface area contributed by atoms with Crippen molar-refractivity contribution in [3.8, 4) is 11.5 Å². The molecular weight excluding hydrogens is 566 g/mol. The summed E-state index contributed by atoms with van der Waals surface area (Å²) in [6.07, 6.45) is 0. The fraction of sp³-hybridized carbons (Fsp3) is 0.333. The Kier molecular flexibility index (Phi) is 10.6. The van der Waals surface area contributed by atoms with Gasteiger partial charge < -0.3 is 19.7 Å². The van der Waals surface area contributed by atoms with E-state index < -0.39 is 28.5 Å². The largest absolute Gasteiger partial charge is 0.497 e. The zero-order chi connectivity index (χ0) is 30.3. The lowest BCUT2D eigenvalue weighted by molar-refractivity contribution is -0.139. The average Bonchev–Trinajstić information content (AvgIpc) is 2.94. The molecule has 0 aromatic heterocycles. The minimum Gasteiger partial charge on any atom is -0.497 e. The lowest BCUT2D eigenvalue weighted by Gasteiger charge is -2.32. The van der Waals surface area contributed by atoms with Crippen LogP contribution in [-0.2, 0) is 26.2 Å². The second-order valence-corrected chi connectivity index (χ2v) is 12.2. The van der Waals surface area contributed by atoms with Gasteiger partial charge in [-0.1, -0.05) is 41.4 Å². The summed E-state index contributed by atoms with van der Waals surface area (Å²) in [6.45, 7) is 6.51. The summed E-state index contributed by atoms with van der Waals surface area (Å²) >= 11 is 6.27. The van der Waals surface area contributed by atoms with Crippen LogP contribution >= 0.6 is 11.6 Å². The van der Waals surface area contributed by atoms with Crippen LogP contribution in [0.1, 0.15) is 31.9 Å². The van der Waals surface area contributed by atoms with Gasteiger partial charge in [0, 0.05) is 17.6 Å². The average molecular weight is 602 g/mol. The topological polar surface area (TPSA) is 105 Å². The summed E-state index contributed by atoms with van der Waals surface area (Å²) in [5.41, 5.74) is 1.67. The quantitative estimate of drug-likeness (QED) is 0.320. The van der Waals surface area contributed by atoms with Crippen LogP contribution in [0.3, 0.4) is 0 Å². The Morgan fingerprint density at radius 2 is 1.63 bits per heavy atom. The molecule has 0 saturated heterocycles. The van der Waals surface area contributed by atoms with Crippen LogP contribution in [0.25, 0.3) is 0 Å². The summed E-state index contributed by atoms with van der Waals surface area (Å²) in [5, 5.41) is 3.09. The van der Waals surface area contributed by atoms with Crippen LogP contribution in [0.15, 0.2) is 71.6 Å². The van der Waals surface area contributed by atoms with E-state index in [-0.39, 0.29) is 39.8 Å². The van der Waals surface area contributed by atoms with E-state index in [0.29, 0.717) is 11.3 Å². The predicted octanol–water partition coefficient (Wildman–Crippen LogP) is 4.80. The van der Waals surface area contributed by atoms with Gasteiger partial charge in [-0.3, -0.25) is 13.9 Å². The Bertz CT molecular complexity index is 1480. The molecule has 1 unspecified atom stereocenters. The highest BCUT2D eigenvalue weighted by Gasteiger charge is 2.34. The Hall–Kier alpha value is -3.76. The monoisotopic (exact) mass is 601 g/mol. The molecule has 0 heterocycles. The molecular formula is C30H36ClN3O6S. The Labute approximate surface area is 247 Å². The van der Waals surface area contributed by atoms with E-state index in [2.05, 4.69) is 5.32 Å². The normalized spacial score (nSPS) is 12.0. The van der Waals surface area contributed by atoms with Crippen molar-refractivity contribution < 1.29 is 27.5 Å². The maximum Gasteiger partial charge on any atom is 0.264 e. The molecule has 2 amide bonds. The van der Waals surface area contributed by atoms with E-state index in [1.165, 1.54) is 43.4 Å².